The Kier molecular flexibility index (Phi) is 4.11. The van der Waals surface area contributed by atoms with Crippen LogP contribution in [0.15, 0.2) is 59.1 Å². The minimum absolute atomic E-state index is 0.0110. The molecule has 2 aromatic rings. The van der Waals surface area contributed by atoms with Crippen LogP contribution in [0.3, 0.4) is 0 Å². The van der Waals surface area contributed by atoms with E-state index >= 15 is 0 Å². The Morgan fingerprint density at radius 3 is 3.03 bits per heavy atom. The van der Waals surface area contributed by atoms with Gasteiger partial charge < -0.3 is 9.64 Å². The molecule has 3 saturated heterocycles. The Morgan fingerprint density at radius 2 is 2.14 bits per heavy atom. The first-order valence-electron chi connectivity index (χ1n) is 12.8. The van der Waals surface area contributed by atoms with E-state index in [0.29, 0.717) is 36.5 Å². The third-order valence-electron chi connectivity index (χ3n) is 9.74. The van der Waals surface area contributed by atoms with Gasteiger partial charge >= 0.3 is 0 Å². The van der Waals surface area contributed by atoms with Crippen molar-refractivity contribution in [2.45, 2.75) is 42.9 Å². The van der Waals surface area contributed by atoms with Gasteiger partial charge in [-0.05, 0) is 54.6 Å². The zero-order valence-electron chi connectivity index (χ0n) is 19.7. The highest BCUT2D eigenvalue weighted by molar-refractivity contribution is 5.99. The minimum atomic E-state index is -0.392. The Hall–Kier alpha value is -3.36. The molecule has 0 N–H and O–H groups in total. The van der Waals surface area contributed by atoms with Gasteiger partial charge in [-0.1, -0.05) is 23.8 Å². The lowest BCUT2D eigenvalue weighted by Gasteiger charge is -2.58. The molecule has 0 unspecified atom stereocenters. The Morgan fingerprint density at radius 1 is 1.22 bits per heavy atom. The number of nitro benzene ring substituents is 1. The fourth-order valence-corrected chi connectivity index (χ4v) is 8.49. The molecule has 5 aliphatic heterocycles. The molecule has 182 valence electrons. The molecule has 0 radical (unpaired) electrons. The average molecular weight is 483 g/mol. The lowest BCUT2D eigenvalue weighted by molar-refractivity contribution is -0.384. The zero-order valence-corrected chi connectivity index (χ0v) is 19.7. The number of fused-ring (bicyclic) bond motifs is 2. The molecule has 1 amide bonds. The summed E-state index contributed by atoms with van der Waals surface area (Å²) in [5, 5.41) is 11.1. The molecule has 8 heteroatoms. The highest BCUT2D eigenvalue weighted by atomic mass is 16.6. The third kappa shape index (κ3) is 2.56. The van der Waals surface area contributed by atoms with Crippen molar-refractivity contribution in [1.82, 2.24) is 4.90 Å². The Labute approximate surface area is 208 Å². The van der Waals surface area contributed by atoms with E-state index in [1.54, 1.807) is 12.3 Å². The van der Waals surface area contributed by atoms with Crippen LogP contribution in [0, 0.1) is 22.0 Å². The standard InChI is InChI=1S/C28H26N4O4/c33-25-13-23-26-20-12-24-28(7-8-30(24)15-17(20)6-9-36-23)21-11-18(4-5-22(21)31(25)27(26)28)29-14-16-2-1-3-19(10-16)32(34)35/h1-6,10-11,14,20,23-24,26-27H,7-9,12-13,15H2/t20-,23-,24-,26-,27-,28+/m1/s1. The van der Waals surface area contributed by atoms with Crippen LogP contribution in [-0.4, -0.2) is 59.8 Å². The Bertz CT molecular complexity index is 1400. The SMILES string of the molecule is O=C1C[C@H]2OCC=C3CN4CC[C@@]56c7cc(N=Cc8cccc([N+](=O)[O-])c8)ccc7N1[C@@H]5[C@@H]2[C@@H]3C[C@@H]46. The molecule has 8 nitrogen and oxygen atoms in total. The first kappa shape index (κ1) is 20.8. The first-order valence-corrected chi connectivity index (χ1v) is 12.8. The van der Waals surface area contributed by atoms with Crippen molar-refractivity contribution in [1.29, 1.82) is 0 Å². The monoisotopic (exact) mass is 482 g/mol. The number of nitrogens with zero attached hydrogens (tertiary/aromatic N) is 4. The number of hydrogen-bond donors (Lipinski definition) is 0. The molecular formula is C28H26N4O4. The van der Waals surface area contributed by atoms with Gasteiger partial charge in [0.05, 0.1) is 35.8 Å². The molecule has 1 spiro atoms. The third-order valence-corrected chi connectivity index (χ3v) is 9.74. The van der Waals surface area contributed by atoms with Crippen LogP contribution in [0.5, 0.6) is 0 Å². The van der Waals surface area contributed by atoms with E-state index < -0.39 is 4.92 Å². The minimum Gasteiger partial charge on any atom is -0.373 e. The number of amides is 1. The van der Waals surface area contributed by atoms with Gasteiger partial charge in [-0.25, -0.2) is 0 Å². The van der Waals surface area contributed by atoms with Crippen LogP contribution in [-0.2, 0) is 14.9 Å². The number of ether oxygens (including phenoxy) is 1. The van der Waals surface area contributed by atoms with Crippen LogP contribution in [0.25, 0.3) is 0 Å². The van der Waals surface area contributed by atoms with Crippen molar-refractivity contribution >= 4 is 29.2 Å². The summed E-state index contributed by atoms with van der Waals surface area (Å²) in [5.41, 5.74) is 5.26. The van der Waals surface area contributed by atoms with Crippen molar-refractivity contribution < 1.29 is 14.5 Å². The maximum Gasteiger partial charge on any atom is 0.270 e. The van der Waals surface area contributed by atoms with E-state index in [1.807, 2.05) is 12.1 Å². The van der Waals surface area contributed by atoms with Gasteiger partial charge in [0.25, 0.3) is 5.69 Å². The second-order valence-electron chi connectivity index (χ2n) is 11.1. The zero-order chi connectivity index (χ0) is 24.2. The summed E-state index contributed by atoms with van der Waals surface area (Å²) < 4.78 is 6.32. The largest absolute Gasteiger partial charge is 0.373 e. The topological polar surface area (TPSA) is 88.3 Å². The number of non-ortho nitro benzene ring substituents is 1. The summed E-state index contributed by atoms with van der Waals surface area (Å²) in [6.45, 7) is 2.68. The molecule has 0 aromatic heterocycles. The van der Waals surface area contributed by atoms with Crippen molar-refractivity contribution in [3.8, 4) is 0 Å². The molecule has 1 aliphatic carbocycles. The smallest absolute Gasteiger partial charge is 0.270 e. The van der Waals surface area contributed by atoms with E-state index in [2.05, 4.69) is 28.0 Å². The van der Waals surface area contributed by atoms with E-state index in [0.717, 1.165) is 37.3 Å². The summed E-state index contributed by atoms with van der Waals surface area (Å²) in [6.07, 6.45) is 6.60. The fraction of sp³-hybridized carbons (Fsp3) is 0.429. The number of carbonyl (C=O) groups excluding carboxylic acids is 1. The predicted molar refractivity (Wildman–Crippen MR) is 134 cm³/mol. The van der Waals surface area contributed by atoms with Crippen molar-refractivity contribution in [2.24, 2.45) is 16.8 Å². The molecule has 5 heterocycles. The number of piperidine rings is 2. The van der Waals surface area contributed by atoms with Crippen molar-refractivity contribution in [3.63, 3.8) is 0 Å². The van der Waals surface area contributed by atoms with Gasteiger partial charge in [0.2, 0.25) is 5.91 Å². The number of carbonyl (C=O) groups is 1. The van der Waals surface area contributed by atoms with Gasteiger partial charge in [-0.15, -0.1) is 0 Å². The summed E-state index contributed by atoms with van der Waals surface area (Å²) in [5.74, 6) is 0.998. The summed E-state index contributed by atoms with van der Waals surface area (Å²) in [6, 6.07) is 13.3. The molecule has 8 rings (SSSR count). The van der Waals surface area contributed by atoms with Gasteiger partial charge in [0, 0.05) is 48.0 Å². The van der Waals surface area contributed by atoms with Crippen LogP contribution < -0.4 is 4.90 Å². The normalized spacial score (nSPS) is 35.6. The Balaban J connectivity index is 1.25. The van der Waals surface area contributed by atoms with Crippen LogP contribution >= 0.6 is 0 Å². The van der Waals surface area contributed by atoms with Crippen molar-refractivity contribution in [3.05, 3.63) is 75.4 Å². The van der Waals surface area contributed by atoms with Gasteiger partial charge in [-0.3, -0.25) is 24.8 Å². The van der Waals surface area contributed by atoms with Gasteiger partial charge in [0.1, 0.15) is 0 Å². The molecule has 2 bridgehead atoms. The molecule has 2 aromatic carbocycles. The maximum atomic E-state index is 13.6. The number of anilines is 1. The summed E-state index contributed by atoms with van der Waals surface area (Å²) >= 11 is 0. The number of rotatable bonds is 3. The van der Waals surface area contributed by atoms with Crippen molar-refractivity contribution in [2.75, 3.05) is 24.6 Å². The van der Waals surface area contributed by atoms with E-state index in [-0.39, 0.29) is 29.2 Å². The molecule has 4 fully saturated rings. The number of benzene rings is 2. The van der Waals surface area contributed by atoms with Crippen LogP contribution in [0.4, 0.5) is 17.1 Å². The fourth-order valence-electron chi connectivity index (χ4n) is 8.49. The van der Waals surface area contributed by atoms with E-state index in [1.165, 1.54) is 23.3 Å². The van der Waals surface area contributed by atoms with Gasteiger partial charge in [-0.2, -0.15) is 0 Å². The van der Waals surface area contributed by atoms with E-state index in [4.69, 9.17) is 9.73 Å². The molecular weight excluding hydrogens is 456 g/mol. The molecule has 36 heavy (non-hydrogen) atoms. The summed E-state index contributed by atoms with van der Waals surface area (Å²) in [7, 11) is 0. The second kappa shape index (κ2) is 7.11. The number of aliphatic imine (C=N–C) groups is 1. The molecule has 6 aliphatic rings. The molecule has 6 atom stereocenters. The van der Waals surface area contributed by atoms with Crippen LogP contribution in [0.2, 0.25) is 0 Å². The average Bonchev–Trinajstić information content (AvgIpc) is 3.35. The predicted octanol–water partition coefficient (Wildman–Crippen LogP) is 3.75. The van der Waals surface area contributed by atoms with Gasteiger partial charge in [0.15, 0.2) is 0 Å². The maximum absolute atomic E-state index is 13.6. The summed E-state index contributed by atoms with van der Waals surface area (Å²) in [4.78, 5) is 33.8. The quantitative estimate of drug-likeness (QED) is 0.288. The number of nitro groups is 1. The molecule has 1 saturated carbocycles. The lowest BCUT2D eigenvalue weighted by Crippen LogP contribution is -2.69. The number of hydrogen-bond acceptors (Lipinski definition) is 6. The second-order valence-corrected chi connectivity index (χ2v) is 11.1. The lowest BCUT2D eigenvalue weighted by atomic mass is 9.53. The van der Waals surface area contributed by atoms with E-state index in [9.17, 15) is 14.9 Å². The van der Waals surface area contributed by atoms with Crippen LogP contribution in [0.1, 0.15) is 30.4 Å². The highest BCUT2D eigenvalue weighted by Crippen LogP contribution is 2.66. The first-order chi connectivity index (χ1) is 17.5. The highest BCUT2D eigenvalue weighted by Gasteiger charge is 2.71.